The molecule has 7 nitrogen and oxygen atoms in total. The molecule has 0 bridgehead atoms. The number of nitrogens with two attached hydrogens (primary N) is 1. The average Bonchev–Trinajstić information content (AvgIpc) is 3.79. The van der Waals surface area contributed by atoms with E-state index in [1.165, 1.54) is 30.7 Å². The van der Waals surface area contributed by atoms with E-state index in [2.05, 4.69) is 35.9 Å². The zero-order valence-electron chi connectivity index (χ0n) is 28.8. The number of hydrogen-bond donors (Lipinski definition) is 3. The van der Waals surface area contributed by atoms with E-state index in [4.69, 9.17) is 20.3 Å². The van der Waals surface area contributed by atoms with Crippen LogP contribution in [0.5, 0.6) is 0 Å². The van der Waals surface area contributed by atoms with E-state index in [0.717, 1.165) is 38.0 Å². The molecule has 0 spiro atoms. The fourth-order valence-corrected chi connectivity index (χ4v) is 5.15. The van der Waals surface area contributed by atoms with Gasteiger partial charge in [-0.25, -0.2) is 13.6 Å². The molecule has 2 aliphatic heterocycles. The van der Waals surface area contributed by atoms with Crippen LogP contribution in [-0.2, 0) is 9.47 Å². The zero-order chi connectivity index (χ0) is 36.7. The minimum absolute atomic E-state index is 0.0139. The highest BCUT2D eigenvalue weighted by molar-refractivity contribution is 5.94. The van der Waals surface area contributed by atoms with E-state index in [0.29, 0.717) is 35.3 Å². The molecule has 0 aliphatic carbocycles. The third kappa shape index (κ3) is 12.2. The van der Waals surface area contributed by atoms with E-state index >= 15 is 0 Å². The van der Waals surface area contributed by atoms with Crippen molar-refractivity contribution in [2.75, 3.05) is 26.3 Å². The molecular formula is C42H42F2N2O5. The van der Waals surface area contributed by atoms with Gasteiger partial charge in [0.1, 0.15) is 11.6 Å². The molecule has 9 heteroatoms. The molecule has 0 saturated carbocycles. The lowest BCUT2D eigenvalue weighted by Crippen LogP contribution is -2.40. The van der Waals surface area contributed by atoms with Gasteiger partial charge in [0.2, 0.25) is 0 Å². The average molecular weight is 693 g/mol. The van der Waals surface area contributed by atoms with Gasteiger partial charge in [-0.3, -0.25) is 4.79 Å². The summed E-state index contributed by atoms with van der Waals surface area (Å²) in [6.07, 6.45) is 4.29. The summed E-state index contributed by atoms with van der Waals surface area (Å²) in [5.74, 6) is 9.38. The van der Waals surface area contributed by atoms with Gasteiger partial charge in [0.25, 0.3) is 5.91 Å². The van der Waals surface area contributed by atoms with Gasteiger partial charge in [0, 0.05) is 43.0 Å². The summed E-state index contributed by atoms with van der Waals surface area (Å²) in [7, 11) is 0. The first-order valence-corrected chi connectivity index (χ1v) is 16.7. The number of aromatic carboxylic acids is 1. The summed E-state index contributed by atoms with van der Waals surface area (Å²) in [5, 5.41) is 11.7. The second kappa shape index (κ2) is 18.6. The minimum Gasteiger partial charge on any atom is -0.478 e. The number of carbonyl (C=O) groups excluding carboxylic acids is 1. The number of carboxylic acid groups (broad SMARTS) is 1. The maximum Gasteiger partial charge on any atom is 0.335 e. The summed E-state index contributed by atoms with van der Waals surface area (Å²) < 4.78 is 37.9. The quantitative estimate of drug-likeness (QED) is 0.195. The lowest BCUT2D eigenvalue weighted by atomic mass is 10.0. The van der Waals surface area contributed by atoms with Gasteiger partial charge < -0.3 is 25.6 Å². The number of rotatable bonds is 5. The van der Waals surface area contributed by atoms with Gasteiger partial charge in [-0.05, 0) is 112 Å². The number of benzene rings is 4. The number of hydrogen-bond acceptors (Lipinski definition) is 5. The Hall–Kier alpha value is -5.32. The van der Waals surface area contributed by atoms with Crippen molar-refractivity contribution >= 4 is 11.9 Å². The SMILES string of the molecule is CC1(CN)CCCO1.CC1(CNC(=O)c2ccc(C#Cc3ccccc3F)cc2)CCCO1.O=C(O)c1ccc(C#Cc2ccccc2F)cc1. The largest absolute Gasteiger partial charge is 0.478 e. The molecule has 0 radical (unpaired) electrons. The van der Waals surface area contributed by atoms with E-state index in [1.54, 1.807) is 72.8 Å². The molecule has 51 heavy (non-hydrogen) atoms. The van der Waals surface area contributed by atoms with E-state index < -0.39 is 5.97 Å². The minimum atomic E-state index is -0.983. The first-order chi connectivity index (χ1) is 24.5. The van der Waals surface area contributed by atoms with Crippen molar-refractivity contribution in [3.05, 3.63) is 142 Å². The highest BCUT2D eigenvalue weighted by Crippen LogP contribution is 2.24. The fourth-order valence-electron chi connectivity index (χ4n) is 5.15. The van der Waals surface area contributed by atoms with Gasteiger partial charge in [-0.15, -0.1) is 0 Å². The maximum absolute atomic E-state index is 13.5. The van der Waals surface area contributed by atoms with Crippen LogP contribution in [0.2, 0.25) is 0 Å². The maximum atomic E-state index is 13.5. The number of nitrogens with one attached hydrogen (secondary N) is 1. The molecule has 2 fully saturated rings. The molecule has 2 heterocycles. The van der Waals surface area contributed by atoms with Crippen LogP contribution in [0.3, 0.4) is 0 Å². The molecule has 6 rings (SSSR count). The summed E-state index contributed by atoms with van der Waals surface area (Å²) >= 11 is 0. The molecule has 0 aromatic heterocycles. The van der Waals surface area contributed by atoms with E-state index in [-0.39, 0.29) is 34.3 Å². The smallest absolute Gasteiger partial charge is 0.335 e. The van der Waals surface area contributed by atoms with Gasteiger partial charge in [-0.1, -0.05) is 47.9 Å². The monoisotopic (exact) mass is 692 g/mol. The van der Waals surface area contributed by atoms with Crippen molar-refractivity contribution in [3.8, 4) is 23.7 Å². The van der Waals surface area contributed by atoms with Crippen molar-refractivity contribution in [2.24, 2.45) is 5.73 Å². The van der Waals surface area contributed by atoms with Gasteiger partial charge in [-0.2, -0.15) is 0 Å². The lowest BCUT2D eigenvalue weighted by molar-refractivity contribution is 0.0206. The summed E-state index contributed by atoms with van der Waals surface area (Å²) in [6.45, 7) is 6.89. The van der Waals surface area contributed by atoms with Crippen molar-refractivity contribution in [3.63, 3.8) is 0 Å². The Bertz CT molecular complexity index is 1890. The summed E-state index contributed by atoms with van der Waals surface area (Å²) in [6, 6.07) is 25.7. The topological polar surface area (TPSA) is 111 Å². The molecule has 4 aromatic carbocycles. The van der Waals surface area contributed by atoms with Crippen LogP contribution < -0.4 is 11.1 Å². The van der Waals surface area contributed by atoms with Gasteiger partial charge >= 0.3 is 5.97 Å². The van der Waals surface area contributed by atoms with Crippen LogP contribution in [0.1, 0.15) is 82.5 Å². The molecule has 4 aromatic rings. The van der Waals surface area contributed by atoms with Crippen LogP contribution >= 0.6 is 0 Å². The highest BCUT2D eigenvalue weighted by Gasteiger charge is 2.30. The molecule has 2 aliphatic rings. The first kappa shape index (κ1) is 38.5. The highest BCUT2D eigenvalue weighted by atomic mass is 19.1. The molecule has 4 N–H and O–H groups in total. The zero-order valence-corrected chi connectivity index (χ0v) is 28.8. The summed E-state index contributed by atoms with van der Waals surface area (Å²) in [5.41, 5.74) is 8.01. The Kier molecular flexibility index (Phi) is 14.0. The predicted octanol–water partition coefficient (Wildman–Crippen LogP) is 6.96. The Morgan fingerprint density at radius 1 is 0.706 bits per heavy atom. The first-order valence-electron chi connectivity index (χ1n) is 16.7. The number of carbonyl (C=O) groups is 2. The fraction of sp³-hybridized carbons (Fsp3) is 0.286. The Morgan fingerprint density at radius 2 is 1.16 bits per heavy atom. The summed E-state index contributed by atoms with van der Waals surface area (Å²) in [4.78, 5) is 22.9. The Balaban J connectivity index is 0.000000194. The molecule has 264 valence electrons. The van der Waals surface area contributed by atoms with Crippen LogP contribution in [0.4, 0.5) is 8.78 Å². The predicted molar refractivity (Wildman–Crippen MR) is 193 cm³/mol. The van der Waals surface area contributed by atoms with Crippen molar-refractivity contribution in [1.29, 1.82) is 0 Å². The van der Waals surface area contributed by atoms with Crippen LogP contribution in [0.25, 0.3) is 0 Å². The standard InChI is InChI=1S/C21H20FNO2.C15H9FO2.C6H13NO/c1-21(13-4-14-25-21)15-23-20(24)18-11-8-16(9-12-18)7-10-17-5-2-3-6-19(17)22;16-14-4-2-1-3-12(14)8-5-11-6-9-13(10-7-11)15(17)18;1-6(5-7)3-2-4-8-6/h2-3,5-6,8-9,11-12H,4,13-15H2,1H3,(H,23,24);1-4,6-7,9-10H,(H,17,18);2-5,7H2,1H3. The molecular weight excluding hydrogens is 650 g/mol. The lowest BCUT2D eigenvalue weighted by Gasteiger charge is -2.23. The Labute approximate surface area is 298 Å². The molecule has 2 saturated heterocycles. The number of halogens is 2. The van der Waals surface area contributed by atoms with Crippen molar-refractivity contribution in [1.82, 2.24) is 5.32 Å². The van der Waals surface area contributed by atoms with Crippen molar-refractivity contribution < 1.29 is 33.0 Å². The van der Waals surface area contributed by atoms with Gasteiger partial charge in [0.15, 0.2) is 0 Å². The number of amides is 1. The van der Waals surface area contributed by atoms with Crippen LogP contribution in [0, 0.1) is 35.3 Å². The molecule has 1 amide bonds. The van der Waals surface area contributed by atoms with E-state index in [1.807, 2.05) is 6.92 Å². The number of ether oxygens (including phenoxy) is 2. The normalized spacial score (nSPS) is 18.7. The molecule has 2 atom stereocenters. The third-order valence-corrected chi connectivity index (χ3v) is 8.37. The van der Waals surface area contributed by atoms with Crippen molar-refractivity contribution in [2.45, 2.75) is 50.7 Å². The Morgan fingerprint density at radius 3 is 1.55 bits per heavy atom. The second-order valence-electron chi connectivity index (χ2n) is 12.6. The molecule has 2 unspecified atom stereocenters. The van der Waals surface area contributed by atoms with Crippen LogP contribution in [0.15, 0.2) is 97.1 Å². The van der Waals surface area contributed by atoms with Crippen LogP contribution in [-0.4, -0.2) is 54.5 Å². The number of carboxylic acids is 1. The second-order valence-corrected chi connectivity index (χ2v) is 12.6. The third-order valence-electron chi connectivity index (χ3n) is 8.37. The van der Waals surface area contributed by atoms with Gasteiger partial charge in [0.05, 0.1) is 27.9 Å². The van der Waals surface area contributed by atoms with E-state index in [9.17, 15) is 18.4 Å².